The first-order valence-electron chi connectivity index (χ1n) is 18.1. The van der Waals surface area contributed by atoms with Gasteiger partial charge in [0.1, 0.15) is 12.1 Å². The molecule has 0 amide bonds. The number of ether oxygens (including phenoxy) is 1. The van der Waals surface area contributed by atoms with Gasteiger partial charge in [-0.05, 0) is 71.1 Å². The third-order valence-corrected chi connectivity index (χ3v) is 8.19. The lowest BCUT2D eigenvalue weighted by Gasteiger charge is -2.16. The molecule has 0 rings (SSSR count). The minimum atomic E-state index is -0.0687. The highest BCUT2D eigenvalue weighted by Gasteiger charge is 2.17. The summed E-state index contributed by atoms with van der Waals surface area (Å²) in [6, 6.07) is 0. The van der Waals surface area contributed by atoms with Crippen LogP contribution in [0.25, 0.3) is 0 Å². The van der Waals surface area contributed by atoms with Gasteiger partial charge >= 0.3 is 5.97 Å². The summed E-state index contributed by atoms with van der Waals surface area (Å²) in [6.07, 6.45) is 39.9. The van der Waals surface area contributed by atoms with Crippen LogP contribution in [-0.2, 0) is 19.1 Å². The number of rotatable bonds is 33. The van der Waals surface area contributed by atoms with E-state index in [1.807, 2.05) is 6.92 Å². The van der Waals surface area contributed by atoms with Crippen molar-refractivity contribution >= 4 is 18.0 Å². The van der Waals surface area contributed by atoms with Crippen molar-refractivity contribution in [1.82, 2.24) is 0 Å². The summed E-state index contributed by atoms with van der Waals surface area (Å²) >= 11 is 0. The van der Waals surface area contributed by atoms with Crippen LogP contribution < -0.4 is 0 Å². The Balaban J connectivity index is 3.98. The molecule has 4 heteroatoms. The van der Waals surface area contributed by atoms with E-state index in [1.165, 1.54) is 89.9 Å². The molecule has 1 unspecified atom stereocenters. The van der Waals surface area contributed by atoms with E-state index in [0.29, 0.717) is 25.2 Å². The molecule has 42 heavy (non-hydrogen) atoms. The average molecular weight is 589 g/mol. The Morgan fingerprint density at radius 3 is 1.60 bits per heavy atom. The number of Topliss-reactive ketones (excluding diaryl/α,β-unsaturated/α-hetero) is 1. The molecule has 0 aromatic carbocycles. The maximum atomic E-state index is 13.0. The maximum absolute atomic E-state index is 13.0. The molecule has 244 valence electrons. The van der Waals surface area contributed by atoms with Crippen molar-refractivity contribution in [2.45, 2.75) is 187 Å². The number of esters is 1. The van der Waals surface area contributed by atoms with E-state index in [-0.39, 0.29) is 11.9 Å². The molecule has 0 aliphatic carbocycles. The SMILES string of the molecule is CCCCCC=CCC=CCCCCCCCC(=O)C(CCCCCC=O)CCCCCCCCCCC(=O)OCC. The summed E-state index contributed by atoms with van der Waals surface area (Å²) in [6.45, 7) is 4.57. The Hall–Kier alpha value is -1.71. The molecule has 0 aromatic rings. The van der Waals surface area contributed by atoms with E-state index in [2.05, 4.69) is 31.2 Å². The van der Waals surface area contributed by atoms with E-state index < -0.39 is 0 Å². The quantitative estimate of drug-likeness (QED) is 0.0331. The molecular weight excluding hydrogens is 520 g/mol. The van der Waals surface area contributed by atoms with E-state index >= 15 is 0 Å². The van der Waals surface area contributed by atoms with Crippen molar-refractivity contribution < 1.29 is 19.1 Å². The van der Waals surface area contributed by atoms with Gasteiger partial charge in [-0.2, -0.15) is 0 Å². The van der Waals surface area contributed by atoms with Gasteiger partial charge in [0, 0.05) is 25.2 Å². The van der Waals surface area contributed by atoms with E-state index in [1.54, 1.807) is 0 Å². The molecule has 0 heterocycles. The standard InChI is InChI=1S/C38H68O4/c1-3-5-6-7-8-9-10-11-12-13-14-15-19-22-28-33-37(40)36(32-27-24-25-30-35-39)31-26-21-18-16-17-20-23-29-34-38(41)42-4-2/h8-9,11-12,35-36H,3-7,10,13-34H2,1-2H3. The van der Waals surface area contributed by atoms with Gasteiger partial charge in [-0.3, -0.25) is 9.59 Å². The predicted octanol–water partition coefficient (Wildman–Crippen LogP) is 11.6. The Morgan fingerprint density at radius 2 is 1.02 bits per heavy atom. The van der Waals surface area contributed by atoms with Crippen molar-refractivity contribution in [3.8, 4) is 0 Å². The largest absolute Gasteiger partial charge is 0.466 e. The zero-order valence-electron chi connectivity index (χ0n) is 27.9. The molecule has 0 aromatic heterocycles. The topological polar surface area (TPSA) is 60.4 Å². The molecule has 0 aliphatic rings. The number of hydrogen-bond donors (Lipinski definition) is 0. The second-order valence-corrected chi connectivity index (χ2v) is 12.1. The summed E-state index contributed by atoms with van der Waals surface area (Å²) < 4.78 is 4.98. The van der Waals surface area contributed by atoms with Crippen molar-refractivity contribution in [3.05, 3.63) is 24.3 Å². The molecule has 0 fully saturated rings. The highest BCUT2D eigenvalue weighted by atomic mass is 16.5. The van der Waals surface area contributed by atoms with Gasteiger partial charge in [0.25, 0.3) is 0 Å². The monoisotopic (exact) mass is 589 g/mol. The van der Waals surface area contributed by atoms with Crippen LogP contribution in [-0.4, -0.2) is 24.6 Å². The summed E-state index contributed by atoms with van der Waals surface area (Å²) in [5.74, 6) is 0.633. The van der Waals surface area contributed by atoms with Crippen LogP contribution in [0.5, 0.6) is 0 Å². The van der Waals surface area contributed by atoms with Crippen molar-refractivity contribution in [3.63, 3.8) is 0 Å². The number of ketones is 1. The van der Waals surface area contributed by atoms with Gasteiger partial charge in [0.05, 0.1) is 6.61 Å². The van der Waals surface area contributed by atoms with Crippen molar-refractivity contribution in [1.29, 1.82) is 0 Å². The molecule has 1 atom stereocenters. The fourth-order valence-corrected chi connectivity index (χ4v) is 5.53. The van der Waals surface area contributed by atoms with E-state index in [9.17, 15) is 14.4 Å². The lowest BCUT2D eigenvalue weighted by Crippen LogP contribution is -2.14. The first-order chi connectivity index (χ1) is 20.7. The minimum absolute atomic E-state index is 0.0687. The highest BCUT2D eigenvalue weighted by molar-refractivity contribution is 5.80. The van der Waals surface area contributed by atoms with Crippen LogP contribution in [0.1, 0.15) is 187 Å². The summed E-state index contributed by atoms with van der Waals surface area (Å²) in [7, 11) is 0. The number of carbonyl (C=O) groups excluding carboxylic acids is 3. The second-order valence-electron chi connectivity index (χ2n) is 12.1. The first kappa shape index (κ1) is 40.3. The predicted molar refractivity (Wildman–Crippen MR) is 180 cm³/mol. The molecule has 0 spiro atoms. The van der Waals surface area contributed by atoms with Gasteiger partial charge in [-0.15, -0.1) is 0 Å². The van der Waals surface area contributed by atoms with Crippen LogP contribution >= 0.6 is 0 Å². The molecule has 0 saturated heterocycles. The van der Waals surface area contributed by atoms with Crippen molar-refractivity contribution in [2.24, 2.45) is 5.92 Å². The van der Waals surface area contributed by atoms with Crippen molar-refractivity contribution in [2.75, 3.05) is 6.61 Å². The normalized spacial score (nSPS) is 12.3. The lowest BCUT2D eigenvalue weighted by molar-refractivity contribution is -0.143. The maximum Gasteiger partial charge on any atom is 0.305 e. The van der Waals surface area contributed by atoms with Crippen LogP contribution in [0.2, 0.25) is 0 Å². The number of aldehydes is 1. The fourth-order valence-electron chi connectivity index (χ4n) is 5.53. The zero-order valence-corrected chi connectivity index (χ0v) is 27.9. The highest BCUT2D eigenvalue weighted by Crippen LogP contribution is 2.22. The molecule has 0 N–H and O–H groups in total. The summed E-state index contributed by atoms with van der Waals surface area (Å²) in [4.78, 5) is 35.0. The second kappa shape index (κ2) is 33.8. The molecule has 0 aliphatic heterocycles. The zero-order chi connectivity index (χ0) is 30.8. The van der Waals surface area contributed by atoms with Gasteiger partial charge in [-0.1, -0.05) is 121 Å². The molecular formula is C38H68O4. The van der Waals surface area contributed by atoms with Crippen LogP contribution in [0.4, 0.5) is 0 Å². The van der Waals surface area contributed by atoms with Gasteiger partial charge in [0.2, 0.25) is 0 Å². The van der Waals surface area contributed by atoms with Gasteiger partial charge in [-0.25, -0.2) is 0 Å². The Bertz CT molecular complexity index is 666. The number of unbranched alkanes of at least 4 members (excludes halogenated alkanes) is 18. The number of carbonyl (C=O) groups is 3. The third-order valence-electron chi connectivity index (χ3n) is 8.19. The summed E-state index contributed by atoms with van der Waals surface area (Å²) in [5.41, 5.74) is 0. The van der Waals surface area contributed by atoms with E-state index in [0.717, 1.165) is 76.9 Å². The molecule has 4 nitrogen and oxygen atoms in total. The average Bonchev–Trinajstić information content (AvgIpc) is 2.98. The fraction of sp³-hybridized carbons (Fsp3) is 0.816. The van der Waals surface area contributed by atoms with Gasteiger partial charge < -0.3 is 9.53 Å². The minimum Gasteiger partial charge on any atom is -0.466 e. The molecule has 0 bridgehead atoms. The molecule has 0 radical (unpaired) electrons. The van der Waals surface area contributed by atoms with Gasteiger partial charge in [0.15, 0.2) is 0 Å². The lowest BCUT2D eigenvalue weighted by atomic mass is 9.88. The third kappa shape index (κ3) is 29.8. The number of allylic oxidation sites excluding steroid dienone is 4. The first-order valence-corrected chi connectivity index (χ1v) is 18.1. The molecule has 0 saturated carbocycles. The Labute approximate surface area is 260 Å². The van der Waals surface area contributed by atoms with E-state index in [4.69, 9.17) is 4.74 Å². The smallest absolute Gasteiger partial charge is 0.305 e. The van der Waals surface area contributed by atoms with Crippen LogP contribution in [0.3, 0.4) is 0 Å². The Kier molecular flexibility index (Phi) is 32.4. The number of hydrogen-bond acceptors (Lipinski definition) is 4. The summed E-state index contributed by atoms with van der Waals surface area (Å²) in [5, 5.41) is 0. The van der Waals surface area contributed by atoms with Crippen LogP contribution in [0, 0.1) is 5.92 Å². The Morgan fingerprint density at radius 1 is 0.548 bits per heavy atom. The van der Waals surface area contributed by atoms with Crippen LogP contribution in [0.15, 0.2) is 24.3 Å².